The fraction of sp³-hybridized carbons (Fsp3) is 0.235. The van der Waals surface area contributed by atoms with Crippen molar-refractivity contribution in [3.63, 3.8) is 0 Å². The Morgan fingerprint density at radius 1 is 1.20 bits per heavy atom. The number of hydrogen-bond acceptors (Lipinski definition) is 6. The van der Waals surface area contributed by atoms with Crippen LogP contribution in [0.4, 0.5) is 0 Å². The van der Waals surface area contributed by atoms with E-state index in [0.29, 0.717) is 17.1 Å². The Balaban J connectivity index is 0.000000970. The molecule has 1 atom stereocenters. The first-order valence-electron chi connectivity index (χ1n) is 7.34. The highest BCUT2D eigenvalue weighted by Crippen LogP contribution is 2.29. The number of pyridine rings is 1. The zero-order chi connectivity index (χ0) is 18.7. The number of rotatable bonds is 6. The lowest BCUT2D eigenvalue weighted by atomic mass is 10.1. The average Bonchev–Trinajstić information content (AvgIpc) is 2.66. The number of hydrogen-bond donors (Lipinski definition) is 2. The minimum atomic E-state index is -0.213. The van der Waals surface area contributed by atoms with Crippen LogP contribution >= 0.6 is 0 Å². The van der Waals surface area contributed by atoms with Crippen molar-refractivity contribution in [2.75, 3.05) is 14.2 Å². The van der Waals surface area contributed by atoms with Gasteiger partial charge in [0.25, 0.3) is 5.91 Å². The third-order valence-electron chi connectivity index (χ3n) is 3.25. The lowest BCUT2D eigenvalue weighted by molar-refractivity contribution is 0.0926. The Kier molecular flexibility index (Phi) is 8.54. The molecule has 1 amide bonds. The van der Waals surface area contributed by atoms with Crippen molar-refractivity contribution in [2.45, 2.75) is 13.0 Å². The average molecular weight is 338 g/mol. The quantitative estimate of drug-likeness (QED) is 0.615. The number of amides is 1. The maximum Gasteiger partial charge on any atom is 0.265 e. The van der Waals surface area contributed by atoms with Gasteiger partial charge in [-0.15, -0.1) is 0 Å². The van der Waals surface area contributed by atoms with Crippen LogP contribution in [0.5, 0.6) is 11.5 Å². The summed E-state index contributed by atoms with van der Waals surface area (Å²) in [4.78, 5) is 15.8. The SMILES string of the molecule is COc1ccc(C(C)NNC(=O)c2ccncc2)cc1OC.[B]C#N. The summed E-state index contributed by atoms with van der Waals surface area (Å²) in [7, 11) is 7.33. The van der Waals surface area contributed by atoms with Gasteiger partial charge in [-0.25, -0.2) is 10.7 Å². The van der Waals surface area contributed by atoms with Crippen LogP contribution in [-0.2, 0) is 0 Å². The molecule has 0 saturated heterocycles. The van der Waals surface area contributed by atoms with Gasteiger partial charge in [0.15, 0.2) is 11.5 Å². The lowest BCUT2D eigenvalue weighted by Crippen LogP contribution is -2.39. The maximum absolute atomic E-state index is 12.0. The molecule has 25 heavy (non-hydrogen) atoms. The number of benzene rings is 1. The van der Waals surface area contributed by atoms with Gasteiger partial charge in [0.1, 0.15) is 0 Å². The van der Waals surface area contributed by atoms with Gasteiger partial charge in [-0.3, -0.25) is 15.2 Å². The topological polar surface area (TPSA) is 96.3 Å². The van der Waals surface area contributed by atoms with Gasteiger partial charge >= 0.3 is 0 Å². The second-order valence-electron chi connectivity index (χ2n) is 4.80. The van der Waals surface area contributed by atoms with E-state index in [1.165, 1.54) is 5.97 Å². The zero-order valence-electron chi connectivity index (χ0n) is 14.3. The normalized spacial score (nSPS) is 10.5. The molecule has 128 valence electrons. The summed E-state index contributed by atoms with van der Waals surface area (Å²) in [5.74, 6) is 2.35. The van der Waals surface area contributed by atoms with E-state index < -0.39 is 0 Å². The highest BCUT2D eigenvalue weighted by molar-refractivity contribution is 6.20. The summed E-state index contributed by atoms with van der Waals surface area (Å²) in [6.45, 7) is 1.94. The molecule has 1 unspecified atom stereocenters. The molecule has 0 spiro atoms. The van der Waals surface area contributed by atoms with Crippen LogP contribution in [0.1, 0.15) is 28.9 Å². The predicted octanol–water partition coefficient (Wildman–Crippen LogP) is 1.73. The molecule has 8 heteroatoms. The molecule has 1 heterocycles. The van der Waals surface area contributed by atoms with Gasteiger partial charge in [-0.1, -0.05) is 6.07 Å². The smallest absolute Gasteiger partial charge is 0.265 e. The molecule has 0 saturated carbocycles. The van der Waals surface area contributed by atoms with Crippen molar-refractivity contribution in [3.8, 4) is 17.5 Å². The van der Waals surface area contributed by atoms with Crippen LogP contribution in [0.25, 0.3) is 0 Å². The maximum atomic E-state index is 12.0. The fourth-order valence-corrected chi connectivity index (χ4v) is 1.95. The Morgan fingerprint density at radius 2 is 1.80 bits per heavy atom. The van der Waals surface area contributed by atoms with Crippen molar-refractivity contribution in [2.24, 2.45) is 0 Å². The third-order valence-corrected chi connectivity index (χ3v) is 3.25. The van der Waals surface area contributed by atoms with Gasteiger partial charge < -0.3 is 9.47 Å². The van der Waals surface area contributed by atoms with Crippen molar-refractivity contribution in [1.82, 2.24) is 15.8 Å². The molecular weight excluding hydrogens is 319 g/mol. The van der Waals surface area contributed by atoms with E-state index in [4.69, 9.17) is 14.7 Å². The number of methoxy groups -OCH3 is 2. The first kappa shape index (κ1) is 20.0. The number of carbonyl (C=O) groups excluding carboxylic acids is 1. The molecule has 1 aromatic heterocycles. The predicted molar refractivity (Wildman–Crippen MR) is 94.2 cm³/mol. The first-order valence-corrected chi connectivity index (χ1v) is 7.34. The first-order chi connectivity index (χ1) is 12.1. The van der Waals surface area contributed by atoms with Crippen molar-refractivity contribution in [3.05, 3.63) is 53.9 Å². The van der Waals surface area contributed by atoms with E-state index in [1.54, 1.807) is 38.7 Å². The zero-order valence-corrected chi connectivity index (χ0v) is 14.3. The van der Waals surface area contributed by atoms with E-state index in [0.717, 1.165) is 5.56 Å². The molecule has 0 aliphatic rings. The Morgan fingerprint density at radius 3 is 2.36 bits per heavy atom. The number of aromatic nitrogens is 1. The number of ether oxygens (including phenoxy) is 2. The van der Waals surface area contributed by atoms with Gasteiger partial charge in [0.05, 0.1) is 14.2 Å². The van der Waals surface area contributed by atoms with Crippen molar-refractivity contribution >= 4 is 13.8 Å². The summed E-state index contributed by atoms with van der Waals surface area (Å²) in [5.41, 5.74) is 7.15. The van der Waals surface area contributed by atoms with E-state index in [9.17, 15) is 4.79 Å². The molecule has 7 nitrogen and oxygen atoms in total. The van der Waals surface area contributed by atoms with Gasteiger partial charge in [0.2, 0.25) is 7.85 Å². The van der Waals surface area contributed by atoms with Gasteiger partial charge in [0, 0.05) is 24.0 Å². The van der Waals surface area contributed by atoms with E-state index in [1.807, 2.05) is 25.1 Å². The molecule has 0 aliphatic heterocycles. The lowest BCUT2D eigenvalue weighted by Gasteiger charge is -2.17. The number of nitrogens with one attached hydrogen (secondary N) is 2. The summed E-state index contributed by atoms with van der Waals surface area (Å²) in [5, 5.41) is 7.10. The van der Waals surface area contributed by atoms with Crippen LogP contribution in [0.15, 0.2) is 42.7 Å². The molecule has 2 rings (SSSR count). The van der Waals surface area contributed by atoms with Crippen LogP contribution in [0.3, 0.4) is 0 Å². The summed E-state index contributed by atoms with van der Waals surface area (Å²) in [6, 6.07) is 8.82. The third kappa shape index (κ3) is 6.16. The monoisotopic (exact) mass is 338 g/mol. The second kappa shape index (κ2) is 10.7. The molecule has 1 aromatic carbocycles. The number of hydrazine groups is 1. The summed E-state index contributed by atoms with van der Waals surface area (Å²) in [6.07, 6.45) is 3.15. The Hall–Kier alpha value is -3.05. The summed E-state index contributed by atoms with van der Waals surface area (Å²) >= 11 is 0. The van der Waals surface area contributed by atoms with Gasteiger partial charge in [-0.2, -0.15) is 0 Å². The van der Waals surface area contributed by atoms with Crippen LogP contribution in [0, 0.1) is 11.2 Å². The number of carbonyl (C=O) groups is 1. The van der Waals surface area contributed by atoms with Crippen LogP contribution in [0.2, 0.25) is 0 Å². The molecular formula is C17H19BN4O3. The van der Waals surface area contributed by atoms with Gasteiger partial charge in [-0.05, 0) is 42.7 Å². The Labute approximate surface area is 148 Å². The molecule has 2 N–H and O–H groups in total. The molecule has 0 fully saturated rings. The largest absolute Gasteiger partial charge is 0.493 e. The number of nitrogens with zero attached hydrogens (tertiary/aromatic N) is 2. The summed E-state index contributed by atoms with van der Waals surface area (Å²) < 4.78 is 10.5. The standard InChI is InChI=1S/C16H19N3O3.CBN/c1-11(13-4-5-14(21-2)15(10-13)22-3)18-19-16(20)12-6-8-17-9-7-12;2-1-3/h4-11,18H,1-3H3,(H,19,20);. The van der Waals surface area contributed by atoms with E-state index >= 15 is 0 Å². The fourth-order valence-electron chi connectivity index (χ4n) is 1.95. The minimum absolute atomic E-state index is 0.0920. The Bertz CT molecular complexity index is 720. The second-order valence-corrected chi connectivity index (χ2v) is 4.80. The minimum Gasteiger partial charge on any atom is -0.493 e. The van der Waals surface area contributed by atoms with Crippen molar-refractivity contribution in [1.29, 1.82) is 5.26 Å². The molecule has 2 radical (unpaired) electrons. The molecule has 2 aromatic rings. The molecule has 0 bridgehead atoms. The molecule has 0 aliphatic carbocycles. The highest BCUT2D eigenvalue weighted by atomic mass is 16.5. The van der Waals surface area contributed by atoms with Crippen LogP contribution < -0.4 is 20.3 Å². The van der Waals surface area contributed by atoms with E-state index in [-0.39, 0.29) is 11.9 Å². The highest BCUT2D eigenvalue weighted by Gasteiger charge is 2.11. The van der Waals surface area contributed by atoms with Crippen molar-refractivity contribution < 1.29 is 14.3 Å². The van der Waals surface area contributed by atoms with Crippen LogP contribution in [-0.4, -0.2) is 33.0 Å². The number of nitriles is 1. The van der Waals surface area contributed by atoms with E-state index in [2.05, 4.69) is 23.7 Å².